The van der Waals surface area contributed by atoms with Crippen LogP contribution in [0.4, 0.5) is 0 Å². The molecule has 0 saturated heterocycles. The van der Waals surface area contributed by atoms with Crippen molar-refractivity contribution in [2.45, 2.75) is 36.6 Å². The lowest BCUT2D eigenvalue weighted by Gasteiger charge is -2.18. The summed E-state index contributed by atoms with van der Waals surface area (Å²) in [5, 5.41) is 0.916. The SMILES string of the molecule is NC(CS(=O)c1c(Cl)cccc1Cl)C1CCCC1. The summed E-state index contributed by atoms with van der Waals surface area (Å²) in [6, 6.07) is 5.15. The first-order valence-electron chi connectivity index (χ1n) is 6.17. The van der Waals surface area contributed by atoms with Crippen molar-refractivity contribution in [3.8, 4) is 0 Å². The minimum absolute atomic E-state index is 0.0272. The summed E-state index contributed by atoms with van der Waals surface area (Å²) in [5.74, 6) is 0.934. The van der Waals surface area contributed by atoms with E-state index >= 15 is 0 Å². The summed E-state index contributed by atoms with van der Waals surface area (Å²) in [6.07, 6.45) is 4.76. The Hall–Kier alpha value is -0.0900. The summed E-state index contributed by atoms with van der Waals surface area (Å²) in [7, 11) is -1.22. The standard InChI is InChI=1S/C13H17Cl2NOS/c14-10-6-3-7-11(15)13(10)18(17)8-12(16)9-4-1-2-5-9/h3,6-7,9,12H,1-2,4-5,8,16H2. The van der Waals surface area contributed by atoms with Gasteiger partial charge in [-0.3, -0.25) is 4.21 Å². The number of rotatable bonds is 4. The summed E-state index contributed by atoms with van der Waals surface area (Å²) >= 11 is 12.1. The summed E-state index contributed by atoms with van der Waals surface area (Å²) in [4.78, 5) is 0.522. The molecule has 2 atom stereocenters. The molecule has 5 heteroatoms. The van der Waals surface area contributed by atoms with Crippen molar-refractivity contribution in [2.24, 2.45) is 11.7 Å². The van der Waals surface area contributed by atoms with Crippen LogP contribution in [0.5, 0.6) is 0 Å². The topological polar surface area (TPSA) is 43.1 Å². The lowest BCUT2D eigenvalue weighted by molar-refractivity contribution is 0.460. The zero-order valence-corrected chi connectivity index (χ0v) is 12.4. The van der Waals surface area contributed by atoms with E-state index in [9.17, 15) is 4.21 Å². The van der Waals surface area contributed by atoms with E-state index in [0.29, 0.717) is 26.6 Å². The second-order valence-electron chi connectivity index (χ2n) is 4.77. The van der Waals surface area contributed by atoms with Crippen LogP contribution >= 0.6 is 23.2 Å². The average Bonchev–Trinajstić information content (AvgIpc) is 2.81. The van der Waals surface area contributed by atoms with Crippen LogP contribution in [-0.2, 0) is 10.8 Å². The maximum Gasteiger partial charge on any atom is 0.0760 e. The molecule has 0 aromatic heterocycles. The van der Waals surface area contributed by atoms with Gasteiger partial charge in [-0.15, -0.1) is 0 Å². The van der Waals surface area contributed by atoms with E-state index in [4.69, 9.17) is 28.9 Å². The van der Waals surface area contributed by atoms with Crippen molar-refractivity contribution in [1.29, 1.82) is 0 Å². The van der Waals surface area contributed by atoms with Gasteiger partial charge in [0.1, 0.15) is 0 Å². The molecule has 1 aromatic carbocycles. The third-order valence-electron chi connectivity index (χ3n) is 3.50. The highest BCUT2D eigenvalue weighted by Gasteiger charge is 2.25. The zero-order valence-electron chi connectivity index (χ0n) is 10.1. The first-order valence-corrected chi connectivity index (χ1v) is 8.25. The van der Waals surface area contributed by atoms with Gasteiger partial charge in [0, 0.05) is 11.8 Å². The molecule has 1 aromatic rings. The molecule has 0 aliphatic heterocycles. The van der Waals surface area contributed by atoms with Gasteiger partial charge in [0.2, 0.25) is 0 Å². The van der Waals surface area contributed by atoms with Crippen LogP contribution < -0.4 is 5.73 Å². The Labute approximate surface area is 120 Å². The molecule has 2 unspecified atom stereocenters. The van der Waals surface area contributed by atoms with Gasteiger partial charge in [-0.1, -0.05) is 42.1 Å². The largest absolute Gasteiger partial charge is 0.327 e. The molecule has 18 heavy (non-hydrogen) atoms. The minimum Gasteiger partial charge on any atom is -0.327 e. The fourth-order valence-electron chi connectivity index (χ4n) is 2.48. The maximum atomic E-state index is 12.3. The Morgan fingerprint density at radius 3 is 2.39 bits per heavy atom. The van der Waals surface area contributed by atoms with E-state index in [2.05, 4.69) is 0 Å². The molecule has 0 heterocycles. The third-order valence-corrected chi connectivity index (χ3v) is 5.93. The predicted molar refractivity (Wildman–Crippen MR) is 77.7 cm³/mol. The molecule has 0 spiro atoms. The van der Waals surface area contributed by atoms with Crippen molar-refractivity contribution in [3.05, 3.63) is 28.2 Å². The smallest absolute Gasteiger partial charge is 0.0760 e. The van der Waals surface area contributed by atoms with E-state index < -0.39 is 10.8 Å². The van der Waals surface area contributed by atoms with Crippen LogP contribution in [0.3, 0.4) is 0 Å². The first kappa shape index (κ1) is 14.3. The van der Waals surface area contributed by atoms with Crippen LogP contribution in [0.15, 0.2) is 23.1 Å². The van der Waals surface area contributed by atoms with Gasteiger partial charge < -0.3 is 5.73 Å². The summed E-state index contributed by atoms with van der Waals surface area (Å²) in [6.45, 7) is 0. The lowest BCUT2D eigenvalue weighted by atomic mass is 10.0. The van der Waals surface area contributed by atoms with Crippen LogP contribution in [0, 0.1) is 5.92 Å². The van der Waals surface area contributed by atoms with Gasteiger partial charge in [0.25, 0.3) is 0 Å². The molecule has 0 amide bonds. The highest BCUT2D eigenvalue weighted by atomic mass is 35.5. The molecular formula is C13H17Cl2NOS. The van der Waals surface area contributed by atoms with Gasteiger partial charge in [-0.25, -0.2) is 0 Å². The van der Waals surface area contributed by atoms with Crippen LogP contribution in [0.2, 0.25) is 10.0 Å². The molecule has 1 aliphatic carbocycles. The fraction of sp³-hybridized carbons (Fsp3) is 0.538. The highest BCUT2D eigenvalue weighted by Crippen LogP contribution is 2.31. The average molecular weight is 306 g/mol. The molecule has 2 rings (SSSR count). The van der Waals surface area contributed by atoms with Gasteiger partial charge in [0.15, 0.2) is 0 Å². The van der Waals surface area contributed by atoms with Crippen LogP contribution in [0.1, 0.15) is 25.7 Å². The number of hydrogen-bond acceptors (Lipinski definition) is 2. The minimum atomic E-state index is -1.22. The van der Waals surface area contributed by atoms with Gasteiger partial charge in [-0.2, -0.15) is 0 Å². The Morgan fingerprint density at radius 2 is 1.83 bits per heavy atom. The number of nitrogens with two attached hydrogens (primary N) is 1. The molecular weight excluding hydrogens is 289 g/mol. The molecule has 0 bridgehead atoms. The fourth-order valence-corrected chi connectivity index (χ4v) is 4.75. The molecule has 2 nitrogen and oxygen atoms in total. The van der Waals surface area contributed by atoms with Crippen molar-refractivity contribution >= 4 is 34.0 Å². The van der Waals surface area contributed by atoms with Gasteiger partial charge in [-0.05, 0) is 30.9 Å². The monoisotopic (exact) mass is 305 g/mol. The third kappa shape index (κ3) is 3.27. The van der Waals surface area contributed by atoms with Crippen LogP contribution in [0.25, 0.3) is 0 Å². The van der Waals surface area contributed by atoms with Crippen molar-refractivity contribution < 1.29 is 4.21 Å². The van der Waals surface area contributed by atoms with Crippen molar-refractivity contribution in [3.63, 3.8) is 0 Å². The first-order chi connectivity index (χ1) is 8.59. The summed E-state index contributed by atoms with van der Waals surface area (Å²) in [5.41, 5.74) is 6.14. The van der Waals surface area contributed by atoms with E-state index in [1.54, 1.807) is 18.2 Å². The summed E-state index contributed by atoms with van der Waals surface area (Å²) < 4.78 is 12.3. The molecule has 1 saturated carbocycles. The Balaban J connectivity index is 2.07. The second kappa shape index (κ2) is 6.38. The molecule has 1 fully saturated rings. The quantitative estimate of drug-likeness (QED) is 0.923. The number of hydrogen-bond donors (Lipinski definition) is 1. The van der Waals surface area contributed by atoms with E-state index in [-0.39, 0.29) is 6.04 Å². The van der Waals surface area contributed by atoms with E-state index in [0.717, 1.165) is 12.8 Å². The Morgan fingerprint density at radius 1 is 1.28 bits per heavy atom. The van der Waals surface area contributed by atoms with E-state index in [1.165, 1.54) is 12.8 Å². The number of halogens is 2. The van der Waals surface area contributed by atoms with Gasteiger partial charge >= 0.3 is 0 Å². The van der Waals surface area contributed by atoms with Crippen molar-refractivity contribution in [1.82, 2.24) is 0 Å². The number of benzene rings is 1. The lowest BCUT2D eigenvalue weighted by Crippen LogP contribution is -2.34. The Kier molecular flexibility index (Phi) is 5.07. The Bertz CT molecular complexity index is 426. The predicted octanol–water partition coefficient (Wildman–Crippen LogP) is 3.62. The van der Waals surface area contributed by atoms with Crippen LogP contribution in [-0.4, -0.2) is 16.0 Å². The van der Waals surface area contributed by atoms with E-state index in [1.807, 2.05) is 0 Å². The van der Waals surface area contributed by atoms with Gasteiger partial charge in [0.05, 0.1) is 25.7 Å². The van der Waals surface area contributed by atoms with Crippen molar-refractivity contribution in [2.75, 3.05) is 5.75 Å². The maximum absolute atomic E-state index is 12.3. The highest BCUT2D eigenvalue weighted by molar-refractivity contribution is 7.85. The normalized spacial score (nSPS) is 19.9. The zero-order chi connectivity index (χ0) is 13.1. The molecule has 0 radical (unpaired) electrons. The molecule has 2 N–H and O–H groups in total. The molecule has 1 aliphatic rings. The second-order valence-corrected chi connectivity index (χ2v) is 7.02. The molecule has 100 valence electrons.